The highest BCUT2D eigenvalue weighted by Gasteiger charge is 2.19. The molecule has 1 aromatic heterocycles. The van der Waals surface area contributed by atoms with E-state index >= 15 is 0 Å². The highest BCUT2D eigenvalue weighted by molar-refractivity contribution is 7.99. The van der Waals surface area contributed by atoms with Gasteiger partial charge in [-0.2, -0.15) is 0 Å². The van der Waals surface area contributed by atoms with E-state index in [9.17, 15) is 0 Å². The molecule has 1 aliphatic heterocycles. The summed E-state index contributed by atoms with van der Waals surface area (Å²) in [5.74, 6) is 0.889. The van der Waals surface area contributed by atoms with Gasteiger partial charge in [-0.1, -0.05) is 116 Å². The molecule has 6 aromatic rings. The molecule has 5 aromatic carbocycles. The van der Waals surface area contributed by atoms with Crippen LogP contribution in [0.4, 0.5) is 11.4 Å². The van der Waals surface area contributed by atoms with Gasteiger partial charge in [0.1, 0.15) is 11.2 Å². The molecule has 2 nitrogen and oxygen atoms in total. The highest BCUT2D eigenvalue weighted by Crippen LogP contribution is 2.44. The Bertz CT molecular complexity index is 1930. The van der Waals surface area contributed by atoms with E-state index < -0.39 is 0 Å². The zero-order chi connectivity index (χ0) is 26.9. The number of thioether (sulfide) groups is 1. The smallest absolute Gasteiger partial charge is 0.145 e. The predicted octanol–water partition coefficient (Wildman–Crippen LogP) is 10.9. The first kappa shape index (κ1) is 24.3. The summed E-state index contributed by atoms with van der Waals surface area (Å²) >= 11 is 1.82. The largest absolute Gasteiger partial charge is 0.455 e. The van der Waals surface area contributed by atoms with Crippen molar-refractivity contribution in [1.82, 2.24) is 0 Å². The van der Waals surface area contributed by atoms with E-state index in [0.29, 0.717) is 0 Å². The molecular weight excluding hydrogens is 506 g/mol. The van der Waals surface area contributed by atoms with Gasteiger partial charge in [0.2, 0.25) is 0 Å². The molecule has 0 saturated carbocycles. The van der Waals surface area contributed by atoms with Crippen molar-refractivity contribution < 1.29 is 4.42 Å². The van der Waals surface area contributed by atoms with Gasteiger partial charge >= 0.3 is 0 Å². The number of hydrogen-bond donors (Lipinski definition) is 1. The molecule has 7 rings (SSSR count). The zero-order valence-corrected chi connectivity index (χ0v) is 22.7. The number of para-hydroxylation sites is 1. The predicted molar refractivity (Wildman–Crippen MR) is 172 cm³/mol. The van der Waals surface area contributed by atoms with Gasteiger partial charge in [0.25, 0.3) is 0 Å². The molecule has 0 saturated heterocycles. The van der Waals surface area contributed by atoms with Gasteiger partial charge in [-0.15, -0.1) is 11.8 Å². The Morgan fingerprint density at radius 1 is 0.650 bits per heavy atom. The van der Waals surface area contributed by atoms with Crippen molar-refractivity contribution in [3.8, 4) is 22.3 Å². The highest BCUT2D eigenvalue weighted by atomic mass is 32.2. The van der Waals surface area contributed by atoms with Crippen molar-refractivity contribution >= 4 is 50.6 Å². The summed E-state index contributed by atoms with van der Waals surface area (Å²) in [7, 11) is 0. The Kier molecular flexibility index (Phi) is 6.35. The van der Waals surface area contributed by atoms with E-state index in [1.54, 1.807) is 0 Å². The van der Waals surface area contributed by atoms with Gasteiger partial charge in [0.15, 0.2) is 0 Å². The fraction of sp³-hybridized carbons (Fsp3) is 0.0270. The van der Waals surface area contributed by atoms with Gasteiger partial charge in [0.05, 0.1) is 11.4 Å². The molecule has 40 heavy (non-hydrogen) atoms. The Balaban J connectivity index is 1.39. The maximum Gasteiger partial charge on any atom is 0.145 e. The van der Waals surface area contributed by atoms with Gasteiger partial charge < -0.3 is 9.73 Å². The van der Waals surface area contributed by atoms with E-state index in [0.717, 1.165) is 61.3 Å². The van der Waals surface area contributed by atoms with Crippen LogP contribution in [0.2, 0.25) is 0 Å². The minimum Gasteiger partial charge on any atom is -0.455 e. The van der Waals surface area contributed by atoms with Crippen LogP contribution in [0, 0.1) is 0 Å². The van der Waals surface area contributed by atoms with Crippen molar-refractivity contribution in [3.05, 3.63) is 146 Å². The van der Waals surface area contributed by atoms with Gasteiger partial charge in [-0.25, -0.2) is 0 Å². The van der Waals surface area contributed by atoms with Crippen LogP contribution >= 0.6 is 11.8 Å². The van der Waals surface area contributed by atoms with Crippen LogP contribution < -0.4 is 5.32 Å². The standard InChI is InChI=1S/C37H27NOS/c1-25-11-4-3-9-24-40-37-29(25)15-10-16-33(37)38-32-23-22-31-30-14-7-8-17-34(30)39-36(31)35(32)28-20-18-27(19-21-28)26-12-5-2-6-13-26/h2-23,38H,1,24H2/b9-3-,11-4-. The summed E-state index contributed by atoms with van der Waals surface area (Å²) in [6, 6.07) is 38.3. The van der Waals surface area contributed by atoms with Crippen molar-refractivity contribution in [1.29, 1.82) is 0 Å². The zero-order valence-electron chi connectivity index (χ0n) is 21.9. The quantitative estimate of drug-likeness (QED) is 0.244. The van der Waals surface area contributed by atoms with E-state index in [1.165, 1.54) is 16.0 Å². The molecule has 0 fully saturated rings. The topological polar surface area (TPSA) is 25.2 Å². The molecule has 2 heterocycles. The lowest BCUT2D eigenvalue weighted by Crippen LogP contribution is -1.98. The van der Waals surface area contributed by atoms with Crippen LogP contribution in [0.5, 0.6) is 0 Å². The number of hydrogen-bond acceptors (Lipinski definition) is 3. The molecule has 1 aliphatic rings. The van der Waals surface area contributed by atoms with Crippen molar-refractivity contribution in [2.24, 2.45) is 0 Å². The normalized spacial score (nSPS) is 14.8. The van der Waals surface area contributed by atoms with Gasteiger partial charge in [-0.3, -0.25) is 0 Å². The monoisotopic (exact) mass is 533 g/mol. The maximum atomic E-state index is 6.54. The lowest BCUT2D eigenvalue weighted by molar-refractivity contribution is 0.670. The first-order chi connectivity index (χ1) is 19.8. The maximum absolute atomic E-state index is 6.54. The number of benzene rings is 5. The number of fused-ring (bicyclic) bond motifs is 4. The first-order valence-electron chi connectivity index (χ1n) is 13.4. The lowest BCUT2D eigenvalue weighted by atomic mass is 9.97. The molecule has 0 radical (unpaired) electrons. The Hall–Kier alpha value is -4.73. The fourth-order valence-corrected chi connectivity index (χ4v) is 6.36. The second-order valence-corrected chi connectivity index (χ2v) is 10.9. The van der Waals surface area contributed by atoms with Crippen molar-refractivity contribution in [3.63, 3.8) is 0 Å². The van der Waals surface area contributed by atoms with Crippen molar-refractivity contribution in [2.45, 2.75) is 4.90 Å². The van der Waals surface area contributed by atoms with E-state index in [-0.39, 0.29) is 0 Å². The molecular formula is C37H27NOS. The average Bonchev–Trinajstić information content (AvgIpc) is 3.41. The Labute approximate surface area is 238 Å². The summed E-state index contributed by atoms with van der Waals surface area (Å²) < 4.78 is 6.54. The summed E-state index contributed by atoms with van der Waals surface area (Å²) in [5.41, 5.74) is 10.5. The third-order valence-corrected chi connectivity index (χ3v) is 8.41. The van der Waals surface area contributed by atoms with Gasteiger partial charge in [-0.05, 0) is 52.1 Å². The Morgan fingerprint density at radius 3 is 2.30 bits per heavy atom. The van der Waals surface area contributed by atoms with E-state index in [4.69, 9.17) is 4.42 Å². The fourth-order valence-electron chi connectivity index (χ4n) is 5.36. The average molecular weight is 534 g/mol. The summed E-state index contributed by atoms with van der Waals surface area (Å²) in [6.45, 7) is 4.33. The van der Waals surface area contributed by atoms with Crippen LogP contribution in [-0.2, 0) is 0 Å². The molecule has 192 valence electrons. The molecule has 0 aliphatic carbocycles. The molecule has 0 atom stereocenters. The van der Waals surface area contributed by atoms with Crippen LogP contribution in [0.25, 0.3) is 49.8 Å². The number of allylic oxidation sites excluding steroid dienone is 4. The third-order valence-electron chi connectivity index (χ3n) is 7.33. The molecule has 1 N–H and O–H groups in total. The minimum atomic E-state index is 0.886. The lowest BCUT2D eigenvalue weighted by Gasteiger charge is -2.18. The number of anilines is 2. The van der Waals surface area contributed by atoms with Crippen LogP contribution in [0.3, 0.4) is 0 Å². The van der Waals surface area contributed by atoms with Crippen LogP contribution in [0.1, 0.15) is 5.56 Å². The second kappa shape index (κ2) is 10.4. The Morgan fingerprint density at radius 2 is 1.43 bits per heavy atom. The summed E-state index contributed by atoms with van der Waals surface area (Å²) in [4.78, 5) is 1.19. The number of furan rings is 1. The van der Waals surface area contributed by atoms with Crippen LogP contribution in [0.15, 0.2) is 149 Å². The molecule has 0 amide bonds. The SMILES string of the molecule is C=C1/C=C\C=C/CSc2c(Nc3ccc4c(oc5ccccc54)c3-c3ccc(-c4ccccc4)cc3)cccc21. The summed E-state index contributed by atoms with van der Waals surface area (Å²) in [6.07, 6.45) is 8.40. The minimum absolute atomic E-state index is 0.886. The van der Waals surface area contributed by atoms with Crippen LogP contribution in [-0.4, -0.2) is 5.75 Å². The molecule has 0 spiro atoms. The third kappa shape index (κ3) is 4.45. The first-order valence-corrected chi connectivity index (χ1v) is 14.4. The molecule has 0 bridgehead atoms. The molecule has 3 heteroatoms. The second-order valence-electron chi connectivity index (χ2n) is 9.84. The van der Waals surface area contributed by atoms with Gasteiger partial charge in [0, 0.05) is 27.0 Å². The van der Waals surface area contributed by atoms with E-state index in [2.05, 4.69) is 127 Å². The van der Waals surface area contributed by atoms with E-state index in [1.807, 2.05) is 30.0 Å². The molecule has 0 unspecified atom stereocenters. The summed E-state index contributed by atoms with van der Waals surface area (Å²) in [5, 5.41) is 6.04. The number of rotatable bonds is 4. The number of nitrogens with one attached hydrogen (secondary N) is 1. The van der Waals surface area contributed by atoms with Crippen molar-refractivity contribution in [2.75, 3.05) is 11.1 Å².